The van der Waals surface area contributed by atoms with Crippen LogP contribution in [0, 0.1) is 5.92 Å². The largest absolute Gasteiger partial charge is 0.416 e. The number of benzene rings is 2. The van der Waals surface area contributed by atoms with E-state index in [0.29, 0.717) is 38.1 Å². The summed E-state index contributed by atoms with van der Waals surface area (Å²) in [5, 5.41) is 11.2. The highest BCUT2D eigenvalue weighted by molar-refractivity contribution is 5.82. The summed E-state index contributed by atoms with van der Waals surface area (Å²) in [6.07, 6.45) is -9.33. The monoisotopic (exact) mass is 596 g/mol. The Balaban J connectivity index is 1.72. The number of halogens is 6. The molecule has 1 unspecified atom stereocenters. The Morgan fingerprint density at radius 3 is 2.29 bits per heavy atom. The van der Waals surface area contributed by atoms with E-state index in [1.807, 2.05) is 35.2 Å². The average Bonchev–Trinajstić information content (AvgIpc) is 3.45. The number of tetrazole rings is 1. The van der Waals surface area contributed by atoms with Crippen LogP contribution in [0.5, 0.6) is 0 Å². The molecule has 42 heavy (non-hydrogen) atoms. The van der Waals surface area contributed by atoms with Gasteiger partial charge in [0.2, 0.25) is 0 Å². The first kappa shape index (κ1) is 31.3. The molecule has 0 saturated carbocycles. The SMILES string of the molecule is C=NC(=O)CN1C[C@@H](Cn2cnnn2)CC[C@]1(c1ccccc1)C(C)O[C@H](C)c1cc(C(F)(F)F)cc(C(F)(F)F)c1. The van der Waals surface area contributed by atoms with Crippen LogP contribution in [0.1, 0.15) is 55.0 Å². The number of rotatable bonds is 9. The Bertz CT molecular complexity index is 1330. The third-order valence-corrected chi connectivity index (χ3v) is 7.75. The van der Waals surface area contributed by atoms with Crippen molar-refractivity contribution in [2.45, 2.75) is 63.3 Å². The Labute approximate surface area is 238 Å². The lowest BCUT2D eigenvalue weighted by molar-refractivity contribution is -0.143. The summed E-state index contributed by atoms with van der Waals surface area (Å²) >= 11 is 0. The molecule has 1 amide bonds. The summed E-state index contributed by atoms with van der Waals surface area (Å²) in [4.78, 5) is 18.0. The van der Waals surface area contributed by atoms with Gasteiger partial charge in [-0.2, -0.15) is 26.3 Å². The Hall–Kier alpha value is -3.65. The number of aromatic nitrogens is 4. The van der Waals surface area contributed by atoms with Crippen LogP contribution < -0.4 is 0 Å². The molecule has 1 aliphatic rings. The lowest BCUT2D eigenvalue weighted by Gasteiger charge is -2.52. The summed E-state index contributed by atoms with van der Waals surface area (Å²) in [5.41, 5.74) is -3.29. The normalized spacial score (nSPS) is 21.6. The number of amides is 1. The molecule has 1 aliphatic heterocycles. The first-order chi connectivity index (χ1) is 19.7. The molecule has 0 radical (unpaired) electrons. The zero-order valence-electron chi connectivity index (χ0n) is 22.9. The Kier molecular flexibility index (Phi) is 9.16. The van der Waals surface area contributed by atoms with Gasteiger partial charge in [0.1, 0.15) is 6.33 Å². The van der Waals surface area contributed by atoms with Crippen LogP contribution in [0.25, 0.3) is 0 Å². The zero-order valence-corrected chi connectivity index (χ0v) is 22.9. The van der Waals surface area contributed by atoms with Gasteiger partial charge in [-0.3, -0.25) is 9.69 Å². The molecule has 2 aromatic carbocycles. The van der Waals surface area contributed by atoms with Gasteiger partial charge in [0.05, 0.1) is 35.4 Å². The third kappa shape index (κ3) is 6.86. The standard InChI is InChI=1S/C28H30F6N6O2/c1-18(21-11-23(27(29,30)31)13-24(12-21)28(32,33)34)42-19(2)26(22-7-5-4-6-8-22)10-9-20(15-40-17-36-37-38-40)14-39(26)16-25(41)35-3/h4-8,11-13,17-20H,3,9-10,14-16H2,1-2H3/t18-,19?,20+,26-/m1/s1. The van der Waals surface area contributed by atoms with Crippen molar-refractivity contribution in [1.82, 2.24) is 25.1 Å². The van der Waals surface area contributed by atoms with Gasteiger partial charge >= 0.3 is 12.4 Å². The zero-order chi connectivity index (χ0) is 30.7. The highest BCUT2D eigenvalue weighted by Crippen LogP contribution is 2.45. The number of carbonyl (C=O) groups is 1. The maximum atomic E-state index is 13.5. The van der Waals surface area contributed by atoms with Gasteiger partial charge in [-0.1, -0.05) is 30.3 Å². The van der Waals surface area contributed by atoms with Crippen LogP contribution in [-0.2, 0) is 34.0 Å². The van der Waals surface area contributed by atoms with E-state index in [9.17, 15) is 31.1 Å². The molecule has 226 valence electrons. The number of hydrogen-bond donors (Lipinski definition) is 0. The minimum atomic E-state index is -4.99. The maximum Gasteiger partial charge on any atom is 0.416 e. The van der Waals surface area contributed by atoms with Gasteiger partial charge in [0.15, 0.2) is 0 Å². The number of aliphatic imine (C=N–C) groups is 1. The number of carbonyl (C=O) groups excluding carboxylic acids is 1. The van der Waals surface area contributed by atoms with E-state index >= 15 is 0 Å². The van der Waals surface area contributed by atoms with Gasteiger partial charge in [-0.25, -0.2) is 9.67 Å². The minimum absolute atomic E-state index is 0.0189. The van der Waals surface area contributed by atoms with Crippen molar-refractivity contribution in [3.05, 3.63) is 77.1 Å². The van der Waals surface area contributed by atoms with Gasteiger partial charge in [0.25, 0.3) is 5.91 Å². The number of alkyl halides is 6. The van der Waals surface area contributed by atoms with E-state index in [4.69, 9.17) is 4.74 Å². The molecule has 0 bridgehead atoms. The lowest BCUT2D eigenvalue weighted by Crippen LogP contribution is -2.59. The fourth-order valence-electron chi connectivity index (χ4n) is 5.70. The number of piperidine rings is 1. The first-order valence-electron chi connectivity index (χ1n) is 13.2. The van der Waals surface area contributed by atoms with E-state index < -0.39 is 47.1 Å². The molecule has 0 N–H and O–H groups in total. The van der Waals surface area contributed by atoms with Crippen LogP contribution >= 0.6 is 0 Å². The fraction of sp³-hybridized carbons (Fsp3) is 0.464. The third-order valence-electron chi connectivity index (χ3n) is 7.75. The number of hydrogen-bond acceptors (Lipinski definition) is 6. The summed E-state index contributed by atoms with van der Waals surface area (Å²) in [5.74, 6) is -0.475. The quantitative estimate of drug-likeness (QED) is 0.232. The lowest BCUT2D eigenvalue weighted by atomic mass is 9.73. The molecule has 4 rings (SSSR count). The molecule has 0 aliphatic carbocycles. The molecule has 14 heteroatoms. The Morgan fingerprint density at radius 1 is 1.10 bits per heavy atom. The van der Waals surface area contributed by atoms with E-state index in [2.05, 4.69) is 27.2 Å². The van der Waals surface area contributed by atoms with Crippen LogP contribution in [0.15, 0.2) is 59.9 Å². The number of ether oxygens (including phenoxy) is 1. The summed E-state index contributed by atoms with van der Waals surface area (Å²) in [6, 6.07) is 10.6. The molecular formula is C28H30F6N6O2. The van der Waals surface area contributed by atoms with Gasteiger partial charge in [-0.15, -0.1) is 5.10 Å². The highest BCUT2D eigenvalue weighted by atomic mass is 19.4. The highest BCUT2D eigenvalue weighted by Gasteiger charge is 2.49. The van der Waals surface area contributed by atoms with Gasteiger partial charge in [0, 0.05) is 13.1 Å². The van der Waals surface area contributed by atoms with Crippen molar-refractivity contribution in [2.75, 3.05) is 13.1 Å². The van der Waals surface area contributed by atoms with Crippen molar-refractivity contribution < 1.29 is 35.9 Å². The molecule has 2 heterocycles. The smallest absolute Gasteiger partial charge is 0.369 e. The topological polar surface area (TPSA) is 85.5 Å². The van der Waals surface area contributed by atoms with E-state index in [1.165, 1.54) is 13.3 Å². The minimum Gasteiger partial charge on any atom is -0.369 e. The summed E-state index contributed by atoms with van der Waals surface area (Å²) in [6.45, 7) is 7.20. The Morgan fingerprint density at radius 2 is 1.74 bits per heavy atom. The van der Waals surface area contributed by atoms with Crippen LogP contribution in [0.2, 0.25) is 0 Å². The summed E-state index contributed by atoms with van der Waals surface area (Å²) < 4.78 is 89.1. The molecule has 3 aromatic rings. The second-order valence-corrected chi connectivity index (χ2v) is 10.4. The van der Waals surface area contributed by atoms with Gasteiger partial charge < -0.3 is 4.74 Å². The summed E-state index contributed by atoms with van der Waals surface area (Å²) in [7, 11) is 0. The van der Waals surface area contributed by atoms with E-state index in [1.54, 1.807) is 11.6 Å². The van der Waals surface area contributed by atoms with Crippen molar-refractivity contribution in [3.63, 3.8) is 0 Å². The van der Waals surface area contributed by atoms with Crippen LogP contribution in [0.3, 0.4) is 0 Å². The van der Waals surface area contributed by atoms with Crippen molar-refractivity contribution in [3.8, 4) is 0 Å². The van der Waals surface area contributed by atoms with Crippen molar-refractivity contribution in [2.24, 2.45) is 10.9 Å². The van der Waals surface area contributed by atoms with Crippen molar-refractivity contribution in [1.29, 1.82) is 0 Å². The molecule has 1 fully saturated rings. The van der Waals surface area contributed by atoms with E-state index in [0.717, 1.165) is 5.56 Å². The molecule has 8 nitrogen and oxygen atoms in total. The molecular weight excluding hydrogens is 566 g/mol. The van der Waals surface area contributed by atoms with Crippen molar-refractivity contribution >= 4 is 12.6 Å². The van der Waals surface area contributed by atoms with Gasteiger partial charge in [-0.05, 0) is 79.1 Å². The van der Waals surface area contributed by atoms with Crippen LogP contribution in [-0.4, -0.2) is 56.9 Å². The number of likely N-dealkylation sites (tertiary alicyclic amines) is 1. The molecule has 1 saturated heterocycles. The maximum absolute atomic E-state index is 13.5. The van der Waals surface area contributed by atoms with Crippen LogP contribution in [0.4, 0.5) is 26.3 Å². The number of nitrogens with zero attached hydrogens (tertiary/aromatic N) is 6. The molecule has 0 spiro atoms. The molecule has 1 aromatic heterocycles. The predicted octanol–water partition coefficient (Wildman–Crippen LogP) is 5.71. The molecule has 4 atom stereocenters. The van der Waals surface area contributed by atoms with E-state index in [-0.39, 0.29) is 24.1 Å². The predicted molar refractivity (Wildman–Crippen MR) is 140 cm³/mol. The second kappa shape index (κ2) is 12.3. The first-order valence-corrected chi connectivity index (χ1v) is 13.2. The second-order valence-electron chi connectivity index (χ2n) is 10.4. The average molecular weight is 597 g/mol. The fourth-order valence-corrected chi connectivity index (χ4v) is 5.70.